The summed E-state index contributed by atoms with van der Waals surface area (Å²) in [5, 5.41) is 4.27. The van der Waals surface area contributed by atoms with Crippen molar-refractivity contribution in [2.45, 2.75) is 44.2 Å². The van der Waals surface area contributed by atoms with Crippen LogP contribution < -0.4 is 5.32 Å². The molecule has 4 nitrogen and oxygen atoms in total. The fourth-order valence-corrected chi connectivity index (χ4v) is 3.01. The zero-order valence-electron chi connectivity index (χ0n) is 12.8. The zero-order valence-corrected chi connectivity index (χ0v) is 15.2. The largest absolute Gasteiger partial charge is 0.465 e. The topological polar surface area (TPSA) is 51.2 Å². The van der Waals surface area contributed by atoms with E-state index in [0.717, 1.165) is 28.2 Å². The maximum absolute atomic E-state index is 12.1. The highest BCUT2D eigenvalue weighted by Gasteiger charge is 2.33. The number of pyridine rings is 1. The van der Waals surface area contributed by atoms with E-state index in [1.165, 1.54) is 0 Å². The number of esters is 1. The molecule has 1 aromatic heterocycles. The molecular weight excluding hydrogens is 352 g/mol. The molecule has 1 atom stereocenters. The second-order valence-electron chi connectivity index (χ2n) is 4.89. The molecule has 21 heavy (non-hydrogen) atoms. The Hall–Kier alpha value is -0.590. The summed E-state index contributed by atoms with van der Waals surface area (Å²) in [6.07, 6.45) is 3.47. The molecule has 1 N–H and O–H groups in total. The first-order chi connectivity index (χ1) is 10.0. The van der Waals surface area contributed by atoms with Crippen LogP contribution in [0.2, 0.25) is 0 Å². The number of ether oxygens (including phenoxy) is 1. The smallest absolute Gasteiger partial charge is 0.326 e. The molecule has 0 aliphatic heterocycles. The van der Waals surface area contributed by atoms with E-state index in [1.54, 1.807) is 18.0 Å². The van der Waals surface area contributed by atoms with Gasteiger partial charge in [-0.2, -0.15) is 0 Å². The molecule has 0 fully saturated rings. The predicted octanol–water partition coefficient (Wildman–Crippen LogP) is 3.65. The van der Waals surface area contributed by atoms with Crippen LogP contribution in [0.4, 0.5) is 0 Å². The molecule has 1 heterocycles. The Morgan fingerprint density at radius 1 is 1.48 bits per heavy atom. The fourth-order valence-electron chi connectivity index (χ4n) is 1.76. The first-order valence-corrected chi connectivity index (χ1v) is 8.96. The van der Waals surface area contributed by atoms with Crippen molar-refractivity contribution in [2.24, 2.45) is 0 Å². The van der Waals surface area contributed by atoms with Gasteiger partial charge in [0.15, 0.2) is 0 Å². The van der Waals surface area contributed by atoms with E-state index >= 15 is 0 Å². The van der Waals surface area contributed by atoms with Gasteiger partial charge in [-0.1, -0.05) is 6.92 Å². The lowest BCUT2D eigenvalue weighted by Crippen LogP contribution is -2.51. The summed E-state index contributed by atoms with van der Waals surface area (Å²) in [6.45, 7) is 7.04. The van der Waals surface area contributed by atoms with Gasteiger partial charge in [0.25, 0.3) is 0 Å². The molecule has 0 spiro atoms. The number of thioether (sulfide) groups is 1. The average molecular weight is 375 g/mol. The van der Waals surface area contributed by atoms with Gasteiger partial charge >= 0.3 is 5.97 Å². The predicted molar refractivity (Wildman–Crippen MR) is 90.6 cm³/mol. The Bertz CT molecular complexity index is 442. The quantitative estimate of drug-likeness (QED) is 0.528. The number of nitrogens with zero attached hydrogens (tertiary/aromatic N) is 1. The molecule has 0 aliphatic rings. The summed E-state index contributed by atoms with van der Waals surface area (Å²) in [4.78, 5) is 16.5. The van der Waals surface area contributed by atoms with Crippen LogP contribution in [-0.4, -0.2) is 35.4 Å². The number of hydrogen-bond acceptors (Lipinski definition) is 5. The van der Waals surface area contributed by atoms with Crippen LogP contribution in [0.5, 0.6) is 0 Å². The molecule has 1 unspecified atom stereocenters. The van der Waals surface area contributed by atoms with E-state index in [9.17, 15) is 4.79 Å². The maximum Gasteiger partial charge on any atom is 0.326 e. The SMILES string of the molecule is CCCNC(C)(CCSc1ccc(Br)cn1)C(=O)OCC. The summed E-state index contributed by atoms with van der Waals surface area (Å²) in [5.41, 5.74) is -0.631. The third kappa shape index (κ3) is 6.36. The Kier molecular flexibility index (Phi) is 8.29. The van der Waals surface area contributed by atoms with Crippen molar-refractivity contribution < 1.29 is 9.53 Å². The van der Waals surface area contributed by atoms with Crippen LogP contribution in [0.25, 0.3) is 0 Å². The highest BCUT2D eigenvalue weighted by Crippen LogP contribution is 2.22. The average Bonchev–Trinajstić information content (AvgIpc) is 2.47. The third-order valence-electron chi connectivity index (χ3n) is 3.04. The minimum absolute atomic E-state index is 0.178. The van der Waals surface area contributed by atoms with Crippen molar-refractivity contribution in [1.29, 1.82) is 0 Å². The van der Waals surface area contributed by atoms with Gasteiger partial charge in [-0.05, 0) is 61.3 Å². The van der Waals surface area contributed by atoms with Crippen LogP contribution >= 0.6 is 27.7 Å². The van der Waals surface area contributed by atoms with E-state index in [1.807, 2.05) is 26.0 Å². The summed E-state index contributed by atoms with van der Waals surface area (Å²) in [5.74, 6) is 0.628. The molecule has 0 bridgehead atoms. The number of nitrogens with one attached hydrogen (secondary N) is 1. The van der Waals surface area contributed by atoms with E-state index in [-0.39, 0.29) is 5.97 Å². The molecule has 1 aromatic rings. The van der Waals surface area contributed by atoms with Crippen molar-refractivity contribution in [3.63, 3.8) is 0 Å². The van der Waals surface area contributed by atoms with Crippen molar-refractivity contribution in [3.8, 4) is 0 Å². The molecule has 0 amide bonds. The molecule has 0 aliphatic carbocycles. The summed E-state index contributed by atoms with van der Waals surface area (Å²) < 4.78 is 6.16. The van der Waals surface area contributed by atoms with Crippen molar-refractivity contribution >= 4 is 33.7 Å². The van der Waals surface area contributed by atoms with E-state index < -0.39 is 5.54 Å². The molecule has 0 aromatic carbocycles. The third-order valence-corrected chi connectivity index (χ3v) is 4.46. The van der Waals surface area contributed by atoms with Crippen molar-refractivity contribution in [3.05, 3.63) is 22.8 Å². The number of hydrogen-bond donors (Lipinski definition) is 1. The first kappa shape index (κ1) is 18.5. The van der Waals surface area contributed by atoms with Crippen molar-refractivity contribution in [1.82, 2.24) is 10.3 Å². The van der Waals surface area contributed by atoms with Gasteiger partial charge < -0.3 is 10.1 Å². The Labute approximate surface area is 139 Å². The lowest BCUT2D eigenvalue weighted by atomic mass is 9.99. The highest BCUT2D eigenvalue weighted by molar-refractivity contribution is 9.10. The van der Waals surface area contributed by atoms with Crippen LogP contribution in [0, 0.1) is 0 Å². The highest BCUT2D eigenvalue weighted by atomic mass is 79.9. The molecule has 1 rings (SSSR count). The van der Waals surface area contributed by atoms with Gasteiger partial charge in [0.1, 0.15) is 5.54 Å². The second-order valence-corrected chi connectivity index (χ2v) is 6.92. The molecular formula is C15H23BrN2O2S. The van der Waals surface area contributed by atoms with Gasteiger partial charge in [0.2, 0.25) is 0 Å². The molecule has 6 heteroatoms. The zero-order chi connectivity index (χ0) is 15.7. The Morgan fingerprint density at radius 3 is 2.81 bits per heavy atom. The standard InChI is InChI=1S/C15H23BrN2O2S/c1-4-9-18-15(3,14(19)20-5-2)8-10-21-13-7-6-12(16)11-17-13/h6-7,11,18H,4-5,8-10H2,1-3H3. The maximum atomic E-state index is 12.1. The van der Waals surface area contributed by atoms with Gasteiger partial charge in [0, 0.05) is 16.4 Å². The summed E-state index contributed by atoms with van der Waals surface area (Å²) in [7, 11) is 0. The molecule has 0 radical (unpaired) electrons. The number of rotatable bonds is 9. The number of carbonyl (C=O) groups excluding carboxylic acids is 1. The van der Waals surface area contributed by atoms with Gasteiger partial charge in [-0.15, -0.1) is 11.8 Å². The lowest BCUT2D eigenvalue weighted by molar-refractivity contribution is -0.150. The van der Waals surface area contributed by atoms with Gasteiger partial charge in [-0.3, -0.25) is 4.79 Å². The second kappa shape index (κ2) is 9.43. The molecule has 0 saturated carbocycles. The first-order valence-electron chi connectivity index (χ1n) is 7.18. The number of carbonyl (C=O) groups is 1. The van der Waals surface area contributed by atoms with Crippen LogP contribution in [0.3, 0.4) is 0 Å². The summed E-state index contributed by atoms with van der Waals surface area (Å²) >= 11 is 5.01. The van der Waals surface area contributed by atoms with Gasteiger partial charge in [0.05, 0.1) is 11.6 Å². The van der Waals surface area contributed by atoms with Crippen LogP contribution in [0.1, 0.15) is 33.6 Å². The van der Waals surface area contributed by atoms with Crippen LogP contribution in [0.15, 0.2) is 27.8 Å². The lowest BCUT2D eigenvalue weighted by Gasteiger charge is -2.28. The van der Waals surface area contributed by atoms with E-state index in [2.05, 4.69) is 33.2 Å². The summed E-state index contributed by atoms with van der Waals surface area (Å²) in [6, 6.07) is 3.94. The monoisotopic (exact) mass is 374 g/mol. The molecule has 118 valence electrons. The normalized spacial score (nSPS) is 13.7. The fraction of sp³-hybridized carbons (Fsp3) is 0.600. The molecule has 0 saturated heterocycles. The minimum Gasteiger partial charge on any atom is -0.465 e. The number of aromatic nitrogens is 1. The van der Waals surface area contributed by atoms with E-state index in [4.69, 9.17) is 4.74 Å². The Balaban J connectivity index is 2.55. The van der Waals surface area contributed by atoms with Crippen LogP contribution in [-0.2, 0) is 9.53 Å². The van der Waals surface area contributed by atoms with Gasteiger partial charge in [-0.25, -0.2) is 4.98 Å². The van der Waals surface area contributed by atoms with E-state index in [0.29, 0.717) is 13.0 Å². The number of halogens is 1. The van der Waals surface area contributed by atoms with Crippen molar-refractivity contribution in [2.75, 3.05) is 18.9 Å². The Morgan fingerprint density at radius 2 is 2.24 bits per heavy atom. The minimum atomic E-state index is -0.631.